The molecule has 2 heterocycles. The molecule has 1 saturated heterocycles. The van der Waals surface area contributed by atoms with Crippen molar-refractivity contribution < 1.29 is 4.74 Å². The zero-order chi connectivity index (χ0) is 13.4. The van der Waals surface area contributed by atoms with Crippen LogP contribution in [0.4, 0.5) is 0 Å². The minimum atomic E-state index is 0.690. The Morgan fingerprint density at radius 1 is 1.05 bits per heavy atom. The highest BCUT2D eigenvalue weighted by Crippen LogP contribution is 2.39. The maximum atomic E-state index is 5.79. The van der Waals surface area contributed by atoms with Gasteiger partial charge in [0.15, 0.2) is 0 Å². The molecular formula is C18H25NO. The quantitative estimate of drug-likeness (QED) is 0.882. The number of para-hydroxylation sites is 1. The van der Waals surface area contributed by atoms with E-state index in [1.54, 1.807) is 0 Å². The number of hydrogen-bond donors (Lipinski definition) is 1. The Hall–Kier alpha value is -1.02. The van der Waals surface area contributed by atoms with E-state index in [-0.39, 0.29) is 0 Å². The highest BCUT2D eigenvalue weighted by molar-refractivity contribution is 5.37. The van der Waals surface area contributed by atoms with Gasteiger partial charge in [0.1, 0.15) is 5.75 Å². The molecule has 1 aromatic rings. The number of fused-ring (bicyclic) bond motifs is 2. The number of hydrogen-bond acceptors (Lipinski definition) is 2. The fourth-order valence-electron chi connectivity index (χ4n) is 4.59. The third kappa shape index (κ3) is 2.35. The van der Waals surface area contributed by atoms with Crippen LogP contribution in [0.25, 0.3) is 0 Å². The molecule has 108 valence electrons. The van der Waals surface area contributed by atoms with Gasteiger partial charge in [0.25, 0.3) is 0 Å². The number of nitrogens with one attached hydrogen (secondary N) is 1. The van der Waals surface area contributed by atoms with E-state index in [2.05, 4.69) is 29.6 Å². The van der Waals surface area contributed by atoms with E-state index < -0.39 is 0 Å². The van der Waals surface area contributed by atoms with Crippen LogP contribution in [0.15, 0.2) is 24.3 Å². The van der Waals surface area contributed by atoms with Crippen molar-refractivity contribution in [1.82, 2.24) is 5.32 Å². The van der Waals surface area contributed by atoms with Gasteiger partial charge in [0.2, 0.25) is 0 Å². The monoisotopic (exact) mass is 271 g/mol. The van der Waals surface area contributed by atoms with Gasteiger partial charge in [-0.3, -0.25) is 0 Å². The molecule has 4 rings (SSSR count). The first-order valence-electron chi connectivity index (χ1n) is 8.38. The Bertz CT molecular complexity index is 472. The molecule has 4 atom stereocenters. The predicted octanol–water partition coefficient (Wildman–Crippen LogP) is 3.86. The molecule has 0 aromatic heterocycles. The van der Waals surface area contributed by atoms with Crippen molar-refractivity contribution in [3.05, 3.63) is 29.8 Å². The predicted molar refractivity (Wildman–Crippen MR) is 81.2 cm³/mol. The topological polar surface area (TPSA) is 21.3 Å². The van der Waals surface area contributed by atoms with Crippen molar-refractivity contribution in [2.75, 3.05) is 6.61 Å². The van der Waals surface area contributed by atoms with E-state index in [0.29, 0.717) is 5.92 Å². The van der Waals surface area contributed by atoms with Crippen molar-refractivity contribution in [2.24, 2.45) is 5.92 Å². The maximum absolute atomic E-state index is 5.79. The number of rotatable bonds is 2. The number of piperidine rings is 1. The lowest BCUT2D eigenvalue weighted by atomic mass is 9.82. The van der Waals surface area contributed by atoms with Crippen LogP contribution in [0.5, 0.6) is 5.75 Å². The zero-order valence-corrected chi connectivity index (χ0v) is 12.2. The van der Waals surface area contributed by atoms with Crippen LogP contribution in [0.1, 0.15) is 56.4 Å². The summed E-state index contributed by atoms with van der Waals surface area (Å²) in [5, 5.41) is 3.95. The van der Waals surface area contributed by atoms with Gasteiger partial charge in [-0.15, -0.1) is 0 Å². The van der Waals surface area contributed by atoms with Crippen LogP contribution in [-0.4, -0.2) is 18.7 Å². The summed E-state index contributed by atoms with van der Waals surface area (Å²) in [6.07, 6.45) is 9.62. The van der Waals surface area contributed by atoms with Gasteiger partial charge in [-0.25, -0.2) is 0 Å². The fraction of sp³-hybridized carbons (Fsp3) is 0.667. The molecule has 1 aliphatic carbocycles. The molecule has 1 saturated carbocycles. The van der Waals surface area contributed by atoms with E-state index in [9.17, 15) is 0 Å². The summed E-state index contributed by atoms with van der Waals surface area (Å²) >= 11 is 0. The van der Waals surface area contributed by atoms with E-state index in [1.165, 1.54) is 50.5 Å². The van der Waals surface area contributed by atoms with Gasteiger partial charge in [-0.2, -0.15) is 0 Å². The van der Waals surface area contributed by atoms with Crippen LogP contribution in [-0.2, 0) is 0 Å². The highest BCUT2D eigenvalue weighted by atomic mass is 16.5. The molecule has 1 aromatic carbocycles. The lowest BCUT2D eigenvalue weighted by molar-refractivity contribution is 0.217. The van der Waals surface area contributed by atoms with Crippen molar-refractivity contribution in [2.45, 2.75) is 62.9 Å². The summed E-state index contributed by atoms with van der Waals surface area (Å²) in [5.41, 5.74) is 1.44. The third-order valence-corrected chi connectivity index (χ3v) is 5.65. The van der Waals surface area contributed by atoms with Gasteiger partial charge in [0, 0.05) is 12.1 Å². The van der Waals surface area contributed by atoms with Crippen LogP contribution >= 0.6 is 0 Å². The smallest absolute Gasteiger partial charge is 0.122 e. The molecule has 0 spiro atoms. The highest BCUT2D eigenvalue weighted by Gasteiger charge is 2.34. The van der Waals surface area contributed by atoms with Crippen molar-refractivity contribution in [3.8, 4) is 5.75 Å². The molecule has 0 radical (unpaired) electrons. The molecule has 2 heteroatoms. The first-order chi connectivity index (χ1) is 9.90. The molecular weight excluding hydrogens is 246 g/mol. The van der Waals surface area contributed by atoms with Crippen LogP contribution in [0.3, 0.4) is 0 Å². The Morgan fingerprint density at radius 2 is 2.00 bits per heavy atom. The average Bonchev–Trinajstić information content (AvgIpc) is 2.95. The first-order valence-corrected chi connectivity index (χ1v) is 8.38. The molecule has 3 aliphatic rings. The van der Waals surface area contributed by atoms with E-state index in [0.717, 1.165) is 30.4 Å². The van der Waals surface area contributed by atoms with Crippen molar-refractivity contribution >= 4 is 0 Å². The lowest BCUT2D eigenvalue weighted by Crippen LogP contribution is -2.45. The first kappa shape index (κ1) is 12.7. The molecule has 20 heavy (non-hydrogen) atoms. The van der Waals surface area contributed by atoms with Gasteiger partial charge in [-0.05, 0) is 62.0 Å². The standard InChI is InChI=1S/C18H25NO/c1-2-7-18-16(5-1)14(10-11-20-18)12-15-9-8-13-4-3-6-17(13)19-15/h1-2,5,7,13-15,17,19H,3-4,6,8-12H2. The van der Waals surface area contributed by atoms with Crippen molar-refractivity contribution in [3.63, 3.8) is 0 Å². The second-order valence-corrected chi connectivity index (χ2v) is 6.85. The molecule has 4 unspecified atom stereocenters. The third-order valence-electron chi connectivity index (χ3n) is 5.65. The Labute approximate surface area is 121 Å². The largest absolute Gasteiger partial charge is 0.493 e. The molecule has 1 N–H and O–H groups in total. The van der Waals surface area contributed by atoms with E-state index in [1.807, 2.05) is 0 Å². The summed E-state index contributed by atoms with van der Waals surface area (Å²) in [7, 11) is 0. The lowest BCUT2D eigenvalue weighted by Gasteiger charge is -2.36. The van der Waals surface area contributed by atoms with Crippen molar-refractivity contribution in [1.29, 1.82) is 0 Å². The Kier molecular flexibility index (Phi) is 3.43. The molecule has 2 aliphatic heterocycles. The maximum Gasteiger partial charge on any atom is 0.122 e. The number of benzene rings is 1. The summed E-state index contributed by atoms with van der Waals surface area (Å²) in [6, 6.07) is 10.2. The van der Waals surface area contributed by atoms with Gasteiger partial charge < -0.3 is 10.1 Å². The fourth-order valence-corrected chi connectivity index (χ4v) is 4.59. The SMILES string of the molecule is c1ccc2c(c1)OCCC2CC1CCC2CCCC2N1. The molecule has 2 fully saturated rings. The summed E-state index contributed by atoms with van der Waals surface area (Å²) in [5.74, 6) is 2.79. The van der Waals surface area contributed by atoms with E-state index >= 15 is 0 Å². The number of ether oxygens (including phenoxy) is 1. The van der Waals surface area contributed by atoms with Gasteiger partial charge >= 0.3 is 0 Å². The van der Waals surface area contributed by atoms with Gasteiger partial charge in [-0.1, -0.05) is 24.6 Å². The minimum Gasteiger partial charge on any atom is -0.493 e. The Balaban J connectivity index is 1.45. The van der Waals surface area contributed by atoms with Crippen LogP contribution in [0.2, 0.25) is 0 Å². The molecule has 0 amide bonds. The second-order valence-electron chi connectivity index (χ2n) is 6.85. The minimum absolute atomic E-state index is 0.690. The average molecular weight is 271 g/mol. The summed E-state index contributed by atoms with van der Waals surface area (Å²) in [4.78, 5) is 0. The summed E-state index contributed by atoms with van der Waals surface area (Å²) < 4.78 is 5.79. The Morgan fingerprint density at radius 3 is 3.00 bits per heavy atom. The zero-order valence-electron chi connectivity index (χ0n) is 12.2. The molecule has 2 nitrogen and oxygen atoms in total. The van der Waals surface area contributed by atoms with E-state index in [4.69, 9.17) is 4.74 Å². The summed E-state index contributed by atoms with van der Waals surface area (Å²) in [6.45, 7) is 0.889. The van der Waals surface area contributed by atoms with Crippen LogP contribution in [0, 0.1) is 5.92 Å². The second kappa shape index (κ2) is 5.40. The van der Waals surface area contributed by atoms with Crippen LogP contribution < -0.4 is 10.1 Å². The van der Waals surface area contributed by atoms with Gasteiger partial charge in [0.05, 0.1) is 6.61 Å². The molecule has 0 bridgehead atoms. The normalized spacial score (nSPS) is 36.0.